The summed E-state index contributed by atoms with van der Waals surface area (Å²) in [6.07, 6.45) is 1.21. The van der Waals surface area contributed by atoms with E-state index in [1.165, 1.54) is 26.1 Å². The van der Waals surface area contributed by atoms with Crippen LogP contribution in [0.1, 0.15) is 13.3 Å². The Morgan fingerprint density at radius 3 is 2.86 bits per heavy atom. The summed E-state index contributed by atoms with van der Waals surface area (Å²) in [5.41, 5.74) is 0. The highest BCUT2D eigenvalue weighted by atomic mass is 16.5. The minimum absolute atomic E-state index is 0.669. The molecule has 14 heavy (non-hydrogen) atoms. The van der Waals surface area contributed by atoms with Crippen LogP contribution in [-0.4, -0.2) is 50.8 Å². The largest absolute Gasteiger partial charge is 0.380 e. The Kier molecular flexibility index (Phi) is 3.42. The summed E-state index contributed by atoms with van der Waals surface area (Å²) < 4.78 is 5.41. The third kappa shape index (κ3) is 2.27. The molecular formula is C11H22N2O. The van der Waals surface area contributed by atoms with Gasteiger partial charge in [-0.25, -0.2) is 0 Å². The van der Waals surface area contributed by atoms with E-state index in [1.807, 2.05) is 0 Å². The van der Waals surface area contributed by atoms with E-state index in [0.717, 1.165) is 25.0 Å². The number of nitrogens with one attached hydrogen (secondary N) is 1. The van der Waals surface area contributed by atoms with Gasteiger partial charge in [-0.2, -0.15) is 0 Å². The number of hydrogen-bond donors (Lipinski definition) is 1. The van der Waals surface area contributed by atoms with Crippen molar-refractivity contribution in [2.45, 2.75) is 19.4 Å². The molecule has 2 fully saturated rings. The normalized spacial score (nSPS) is 38.4. The fourth-order valence-electron chi connectivity index (χ4n) is 2.50. The minimum atomic E-state index is 0.669. The molecule has 0 aromatic carbocycles. The molecule has 0 bridgehead atoms. The Hall–Kier alpha value is -0.120. The molecule has 3 atom stereocenters. The summed E-state index contributed by atoms with van der Waals surface area (Å²) in [4.78, 5) is 2.49. The van der Waals surface area contributed by atoms with Gasteiger partial charge in [0.1, 0.15) is 0 Å². The number of ether oxygens (including phenoxy) is 1. The Labute approximate surface area is 86.8 Å². The van der Waals surface area contributed by atoms with Crippen molar-refractivity contribution < 1.29 is 4.74 Å². The fourth-order valence-corrected chi connectivity index (χ4v) is 2.50. The van der Waals surface area contributed by atoms with Crippen molar-refractivity contribution in [1.29, 1.82) is 0 Å². The second kappa shape index (κ2) is 4.60. The lowest BCUT2D eigenvalue weighted by Gasteiger charge is -2.27. The van der Waals surface area contributed by atoms with Gasteiger partial charge in [-0.15, -0.1) is 0 Å². The average Bonchev–Trinajstić information content (AvgIpc) is 2.77. The molecule has 0 aromatic rings. The summed E-state index contributed by atoms with van der Waals surface area (Å²) >= 11 is 0. The van der Waals surface area contributed by atoms with Crippen LogP contribution in [0.25, 0.3) is 0 Å². The molecule has 0 radical (unpaired) electrons. The van der Waals surface area contributed by atoms with E-state index in [1.54, 1.807) is 0 Å². The summed E-state index contributed by atoms with van der Waals surface area (Å²) in [5, 5.41) is 3.46. The van der Waals surface area contributed by atoms with Crippen molar-refractivity contribution in [2.24, 2.45) is 11.8 Å². The van der Waals surface area contributed by atoms with Crippen molar-refractivity contribution in [2.75, 3.05) is 39.9 Å². The molecule has 2 aliphatic heterocycles. The van der Waals surface area contributed by atoms with Crippen molar-refractivity contribution in [3.63, 3.8) is 0 Å². The number of rotatable bonds is 3. The molecule has 2 heterocycles. The highest BCUT2D eigenvalue weighted by molar-refractivity contribution is 4.82. The van der Waals surface area contributed by atoms with Crippen molar-refractivity contribution >= 4 is 0 Å². The predicted molar refractivity (Wildman–Crippen MR) is 57.4 cm³/mol. The zero-order valence-corrected chi connectivity index (χ0v) is 9.33. The third-order valence-electron chi connectivity index (χ3n) is 3.73. The molecule has 3 nitrogen and oxygen atoms in total. The maximum atomic E-state index is 5.41. The molecule has 2 aliphatic rings. The Bertz CT molecular complexity index is 180. The molecule has 3 heteroatoms. The maximum Gasteiger partial charge on any atom is 0.0622 e. The molecule has 2 rings (SSSR count). The quantitative estimate of drug-likeness (QED) is 0.717. The zero-order chi connectivity index (χ0) is 9.97. The van der Waals surface area contributed by atoms with E-state index < -0.39 is 0 Å². The molecular weight excluding hydrogens is 176 g/mol. The molecule has 2 saturated heterocycles. The van der Waals surface area contributed by atoms with Crippen LogP contribution in [0.3, 0.4) is 0 Å². The van der Waals surface area contributed by atoms with Gasteiger partial charge in [0.2, 0.25) is 0 Å². The number of nitrogens with zero attached hydrogens (tertiary/aromatic N) is 1. The molecule has 0 saturated carbocycles. The van der Waals surface area contributed by atoms with E-state index in [4.69, 9.17) is 4.74 Å². The van der Waals surface area contributed by atoms with E-state index in [0.29, 0.717) is 6.04 Å². The Morgan fingerprint density at radius 1 is 1.43 bits per heavy atom. The van der Waals surface area contributed by atoms with Crippen LogP contribution in [0.4, 0.5) is 0 Å². The summed E-state index contributed by atoms with van der Waals surface area (Å²) in [5.74, 6) is 1.67. The monoisotopic (exact) mass is 198 g/mol. The van der Waals surface area contributed by atoms with Gasteiger partial charge in [-0.3, -0.25) is 0 Å². The SMILES string of the molecule is CC1CNCC1CN(C)C1CCOC1. The summed E-state index contributed by atoms with van der Waals surface area (Å²) in [6, 6.07) is 0.669. The lowest BCUT2D eigenvalue weighted by atomic mass is 9.97. The van der Waals surface area contributed by atoms with E-state index in [2.05, 4.69) is 24.2 Å². The van der Waals surface area contributed by atoms with Crippen LogP contribution in [0.2, 0.25) is 0 Å². The van der Waals surface area contributed by atoms with Gasteiger partial charge in [0.05, 0.1) is 6.61 Å². The second-order valence-electron chi connectivity index (χ2n) is 4.85. The Balaban J connectivity index is 1.78. The van der Waals surface area contributed by atoms with Gasteiger partial charge in [0, 0.05) is 19.2 Å². The average molecular weight is 198 g/mol. The van der Waals surface area contributed by atoms with Crippen LogP contribution >= 0.6 is 0 Å². The van der Waals surface area contributed by atoms with Crippen LogP contribution in [0, 0.1) is 11.8 Å². The van der Waals surface area contributed by atoms with Gasteiger partial charge in [0.25, 0.3) is 0 Å². The standard InChI is InChI=1S/C11H22N2O/c1-9-5-12-6-10(9)7-13(2)11-3-4-14-8-11/h9-12H,3-8H2,1-2H3. The first kappa shape index (κ1) is 10.4. The minimum Gasteiger partial charge on any atom is -0.380 e. The summed E-state index contributed by atoms with van der Waals surface area (Å²) in [7, 11) is 2.24. The molecule has 1 N–H and O–H groups in total. The molecule has 0 amide bonds. The molecule has 0 aliphatic carbocycles. The molecule has 0 spiro atoms. The van der Waals surface area contributed by atoms with Gasteiger partial charge < -0.3 is 15.0 Å². The molecule has 0 aromatic heterocycles. The van der Waals surface area contributed by atoms with E-state index in [9.17, 15) is 0 Å². The predicted octanol–water partition coefficient (Wildman–Crippen LogP) is 0.563. The first-order chi connectivity index (χ1) is 6.77. The van der Waals surface area contributed by atoms with Crippen LogP contribution < -0.4 is 5.32 Å². The van der Waals surface area contributed by atoms with Crippen molar-refractivity contribution in [3.8, 4) is 0 Å². The first-order valence-corrected chi connectivity index (χ1v) is 5.76. The van der Waals surface area contributed by atoms with Gasteiger partial charge in [-0.05, 0) is 38.4 Å². The summed E-state index contributed by atoms with van der Waals surface area (Å²) in [6.45, 7) is 7.85. The lowest BCUT2D eigenvalue weighted by Crippen LogP contribution is -2.37. The zero-order valence-electron chi connectivity index (χ0n) is 9.33. The lowest BCUT2D eigenvalue weighted by molar-refractivity contribution is 0.146. The topological polar surface area (TPSA) is 24.5 Å². The highest BCUT2D eigenvalue weighted by Gasteiger charge is 2.27. The van der Waals surface area contributed by atoms with Crippen molar-refractivity contribution in [3.05, 3.63) is 0 Å². The highest BCUT2D eigenvalue weighted by Crippen LogP contribution is 2.19. The Morgan fingerprint density at radius 2 is 2.29 bits per heavy atom. The second-order valence-corrected chi connectivity index (χ2v) is 4.85. The number of likely N-dealkylation sites (N-methyl/N-ethyl adjacent to an activating group) is 1. The van der Waals surface area contributed by atoms with Gasteiger partial charge in [-0.1, -0.05) is 6.92 Å². The smallest absolute Gasteiger partial charge is 0.0622 e. The fraction of sp³-hybridized carbons (Fsp3) is 1.00. The van der Waals surface area contributed by atoms with Crippen LogP contribution in [0.5, 0.6) is 0 Å². The van der Waals surface area contributed by atoms with Crippen LogP contribution in [-0.2, 0) is 4.74 Å². The van der Waals surface area contributed by atoms with Crippen LogP contribution in [0.15, 0.2) is 0 Å². The number of hydrogen-bond acceptors (Lipinski definition) is 3. The van der Waals surface area contributed by atoms with E-state index >= 15 is 0 Å². The van der Waals surface area contributed by atoms with Gasteiger partial charge in [0.15, 0.2) is 0 Å². The third-order valence-corrected chi connectivity index (χ3v) is 3.73. The van der Waals surface area contributed by atoms with E-state index in [-0.39, 0.29) is 0 Å². The first-order valence-electron chi connectivity index (χ1n) is 5.76. The maximum absolute atomic E-state index is 5.41. The molecule has 82 valence electrons. The van der Waals surface area contributed by atoms with Crippen molar-refractivity contribution in [1.82, 2.24) is 10.2 Å². The van der Waals surface area contributed by atoms with Gasteiger partial charge >= 0.3 is 0 Å². The molecule has 3 unspecified atom stereocenters.